The van der Waals surface area contributed by atoms with Crippen molar-refractivity contribution in [1.29, 1.82) is 0 Å². The van der Waals surface area contributed by atoms with Gasteiger partial charge in [0.25, 0.3) is 5.91 Å². The van der Waals surface area contributed by atoms with Crippen LogP contribution in [-0.4, -0.2) is 29.9 Å². The Morgan fingerprint density at radius 3 is 2.64 bits per heavy atom. The Kier molecular flexibility index (Phi) is 8.04. The Morgan fingerprint density at radius 1 is 1.08 bits per heavy atom. The molecule has 1 heterocycles. The third kappa shape index (κ3) is 6.30. The molecule has 0 saturated carbocycles. The summed E-state index contributed by atoms with van der Waals surface area (Å²) in [5, 5.41) is 2.88. The summed E-state index contributed by atoms with van der Waals surface area (Å²) < 4.78 is 20.0. The number of hydrogen-bond donors (Lipinski definition) is 1. The van der Waals surface area contributed by atoms with E-state index in [4.69, 9.17) is 4.74 Å². The van der Waals surface area contributed by atoms with Crippen molar-refractivity contribution in [3.05, 3.63) is 100 Å². The molecule has 2 amide bonds. The maximum atomic E-state index is 14.2. The van der Waals surface area contributed by atoms with Crippen LogP contribution in [0.25, 0.3) is 0 Å². The summed E-state index contributed by atoms with van der Waals surface area (Å²) in [4.78, 5) is 27.4. The van der Waals surface area contributed by atoms with Crippen molar-refractivity contribution >= 4 is 11.8 Å². The topological polar surface area (TPSA) is 58.6 Å². The summed E-state index contributed by atoms with van der Waals surface area (Å²) in [6.45, 7) is 6.93. The van der Waals surface area contributed by atoms with Crippen LogP contribution < -0.4 is 10.1 Å². The third-order valence-electron chi connectivity index (χ3n) is 6.36. The number of halogens is 1. The fraction of sp³-hybridized carbons (Fsp3) is 0.333. The Morgan fingerprint density at radius 2 is 1.89 bits per heavy atom. The van der Waals surface area contributed by atoms with Gasteiger partial charge < -0.3 is 15.0 Å². The molecule has 0 fully saturated rings. The van der Waals surface area contributed by atoms with E-state index in [0.717, 1.165) is 27.8 Å². The van der Waals surface area contributed by atoms with Gasteiger partial charge in [-0.3, -0.25) is 9.59 Å². The van der Waals surface area contributed by atoms with Crippen molar-refractivity contribution in [2.75, 3.05) is 13.2 Å². The van der Waals surface area contributed by atoms with Gasteiger partial charge in [0.05, 0.1) is 6.04 Å². The van der Waals surface area contributed by atoms with E-state index in [2.05, 4.69) is 5.32 Å². The number of benzene rings is 3. The number of aryl methyl sites for hydroxylation is 1. The van der Waals surface area contributed by atoms with Crippen molar-refractivity contribution < 1.29 is 18.7 Å². The molecular formula is C30H33FN2O3. The lowest BCUT2D eigenvalue weighted by Gasteiger charge is -2.38. The minimum absolute atomic E-state index is 0.0479. The van der Waals surface area contributed by atoms with E-state index in [1.54, 1.807) is 6.07 Å². The number of amides is 2. The molecule has 4 rings (SSSR count). The minimum atomic E-state index is -0.408. The molecule has 0 unspecified atom stereocenters. The molecule has 1 aliphatic rings. The zero-order valence-corrected chi connectivity index (χ0v) is 21.1. The first-order valence-electron chi connectivity index (χ1n) is 12.4. The van der Waals surface area contributed by atoms with E-state index >= 15 is 0 Å². The Labute approximate surface area is 212 Å². The molecule has 0 radical (unpaired) electrons. The highest BCUT2D eigenvalue weighted by Crippen LogP contribution is 2.38. The predicted octanol–water partition coefficient (Wildman–Crippen LogP) is 5.35. The highest BCUT2D eigenvalue weighted by Gasteiger charge is 2.32. The molecule has 0 saturated heterocycles. The van der Waals surface area contributed by atoms with Gasteiger partial charge in [0.2, 0.25) is 5.91 Å². The fourth-order valence-corrected chi connectivity index (χ4v) is 4.68. The van der Waals surface area contributed by atoms with E-state index < -0.39 is 6.04 Å². The smallest absolute Gasteiger partial charge is 0.258 e. The lowest BCUT2D eigenvalue weighted by atomic mass is 9.87. The Hall–Kier alpha value is -3.67. The molecule has 3 aromatic rings. The average molecular weight is 489 g/mol. The summed E-state index contributed by atoms with van der Waals surface area (Å²) in [5.74, 6) is 0.254. The largest absolute Gasteiger partial charge is 0.484 e. The molecule has 0 aliphatic carbocycles. The van der Waals surface area contributed by atoms with Crippen molar-refractivity contribution in [3.8, 4) is 5.75 Å². The number of rotatable bonds is 8. The first kappa shape index (κ1) is 25.4. The maximum Gasteiger partial charge on any atom is 0.258 e. The maximum absolute atomic E-state index is 14.2. The number of hydrogen-bond acceptors (Lipinski definition) is 3. The number of nitrogens with zero attached hydrogens (tertiary/aromatic N) is 1. The average Bonchev–Trinajstić information content (AvgIpc) is 2.85. The first-order chi connectivity index (χ1) is 17.3. The molecule has 3 aromatic carbocycles. The number of nitrogens with one attached hydrogen (secondary N) is 1. The lowest BCUT2D eigenvalue weighted by Crippen LogP contribution is -2.41. The molecule has 6 heteroatoms. The van der Waals surface area contributed by atoms with Crippen LogP contribution in [0.1, 0.15) is 54.1 Å². The SMILES string of the molecule is Cc1cccc(CNC(=O)COc2ccc3c(c2)[C@H](c2cccc(F)c2)N(C(=O)CC(C)C)CC3)c1. The highest BCUT2D eigenvalue weighted by molar-refractivity contribution is 5.78. The normalized spacial score (nSPS) is 14.9. The molecule has 0 spiro atoms. The summed E-state index contributed by atoms with van der Waals surface area (Å²) in [5.41, 5.74) is 4.89. The van der Waals surface area contributed by atoms with Crippen LogP contribution in [0.15, 0.2) is 66.7 Å². The molecule has 5 nitrogen and oxygen atoms in total. The Balaban J connectivity index is 1.52. The van der Waals surface area contributed by atoms with E-state index in [0.29, 0.717) is 31.7 Å². The fourth-order valence-electron chi connectivity index (χ4n) is 4.68. The van der Waals surface area contributed by atoms with Gasteiger partial charge in [-0.05, 0) is 65.8 Å². The van der Waals surface area contributed by atoms with Crippen molar-refractivity contribution in [1.82, 2.24) is 10.2 Å². The minimum Gasteiger partial charge on any atom is -0.484 e. The van der Waals surface area contributed by atoms with Gasteiger partial charge in [-0.2, -0.15) is 0 Å². The van der Waals surface area contributed by atoms with Gasteiger partial charge in [0, 0.05) is 19.5 Å². The molecule has 0 aromatic heterocycles. The third-order valence-corrected chi connectivity index (χ3v) is 6.36. The van der Waals surface area contributed by atoms with Crippen LogP contribution in [0.2, 0.25) is 0 Å². The highest BCUT2D eigenvalue weighted by atomic mass is 19.1. The van der Waals surface area contributed by atoms with E-state index in [1.807, 2.05) is 74.2 Å². The predicted molar refractivity (Wildman–Crippen MR) is 138 cm³/mol. The van der Waals surface area contributed by atoms with Gasteiger partial charge in [0.1, 0.15) is 11.6 Å². The molecule has 0 bridgehead atoms. The summed E-state index contributed by atoms with van der Waals surface area (Å²) in [6.07, 6.45) is 1.14. The lowest BCUT2D eigenvalue weighted by molar-refractivity contribution is -0.134. The monoisotopic (exact) mass is 488 g/mol. The first-order valence-corrected chi connectivity index (χ1v) is 12.4. The van der Waals surface area contributed by atoms with E-state index in [-0.39, 0.29) is 30.2 Å². The molecule has 1 atom stereocenters. The second-order valence-electron chi connectivity index (χ2n) is 9.81. The van der Waals surface area contributed by atoms with Crippen LogP contribution in [-0.2, 0) is 22.6 Å². The zero-order valence-electron chi connectivity index (χ0n) is 21.1. The van der Waals surface area contributed by atoms with Crippen molar-refractivity contribution in [2.45, 2.75) is 46.2 Å². The summed E-state index contributed by atoms with van der Waals surface area (Å²) in [6, 6.07) is 19.7. The second-order valence-corrected chi connectivity index (χ2v) is 9.81. The van der Waals surface area contributed by atoms with Gasteiger partial charge in [-0.15, -0.1) is 0 Å². The second kappa shape index (κ2) is 11.4. The molecule has 188 valence electrons. The summed E-state index contributed by atoms with van der Waals surface area (Å²) >= 11 is 0. The number of carbonyl (C=O) groups is 2. The molecule has 36 heavy (non-hydrogen) atoms. The number of ether oxygens (including phenoxy) is 1. The van der Waals surface area contributed by atoms with Gasteiger partial charge in [-0.1, -0.05) is 61.9 Å². The van der Waals surface area contributed by atoms with E-state index in [9.17, 15) is 14.0 Å². The molecular weight excluding hydrogens is 455 g/mol. The van der Waals surface area contributed by atoms with Gasteiger partial charge >= 0.3 is 0 Å². The molecule has 1 aliphatic heterocycles. The van der Waals surface area contributed by atoms with Crippen molar-refractivity contribution in [2.24, 2.45) is 5.92 Å². The number of fused-ring (bicyclic) bond motifs is 1. The van der Waals surface area contributed by atoms with Crippen LogP contribution in [0.3, 0.4) is 0 Å². The summed E-state index contributed by atoms with van der Waals surface area (Å²) in [7, 11) is 0. The standard InChI is InChI=1S/C30H33FN2O3/c1-20(2)14-29(35)33-13-12-23-10-11-26(17-27(23)30(33)24-8-5-9-25(31)16-24)36-19-28(34)32-18-22-7-4-6-21(3)15-22/h4-11,15-17,20,30H,12-14,18-19H2,1-3H3,(H,32,34)/t30-/m0/s1. The Bertz CT molecular complexity index is 1240. The van der Waals surface area contributed by atoms with Gasteiger partial charge in [0.15, 0.2) is 6.61 Å². The van der Waals surface area contributed by atoms with Crippen LogP contribution in [0.4, 0.5) is 4.39 Å². The van der Waals surface area contributed by atoms with Crippen molar-refractivity contribution in [3.63, 3.8) is 0 Å². The van der Waals surface area contributed by atoms with Crippen LogP contribution in [0.5, 0.6) is 5.75 Å². The quantitative estimate of drug-likeness (QED) is 0.465. The zero-order chi connectivity index (χ0) is 25.7. The van der Waals surface area contributed by atoms with E-state index in [1.165, 1.54) is 12.1 Å². The number of carbonyl (C=O) groups excluding carboxylic acids is 2. The molecule has 1 N–H and O–H groups in total. The van der Waals surface area contributed by atoms with Crippen LogP contribution in [0, 0.1) is 18.7 Å². The van der Waals surface area contributed by atoms with Crippen LogP contribution >= 0.6 is 0 Å². The van der Waals surface area contributed by atoms with Gasteiger partial charge in [-0.25, -0.2) is 4.39 Å².